The van der Waals surface area contributed by atoms with Crippen molar-refractivity contribution in [2.24, 2.45) is 16.8 Å². The van der Waals surface area contributed by atoms with E-state index in [1.54, 1.807) is 0 Å². The van der Waals surface area contributed by atoms with Gasteiger partial charge in [0.2, 0.25) is 0 Å². The first-order valence-electron chi connectivity index (χ1n) is 13.7. The van der Waals surface area contributed by atoms with Crippen LogP contribution in [-0.4, -0.2) is 11.5 Å². The van der Waals surface area contributed by atoms with Crippen LogP contribution in [0.25, 0.3) is 0 Å². The van der Waals surface area contributed by atoms with Crippen molar-refractivity contribution in [1.82, 2.24) is 0 Å². The van der Waals surface area contributed by atoms with Gasteiger partial charge in [0.1, 0.15) is 0 Å². The molecule has 36 heavy (non-hydrogen) atoms. The first-order valence-corrected chi connectivity index (χ1v) is 13.7. The van der Waals surface area contributed by atoms with E-state index in [2.05, 4.69) is 79.7 Å². The third-order valence-electron chi connectivity index (χ3n) is 8.31. The molecule has 6 rings (SSSR count). The quantitative estimate of drug-likeness (QED) is 0.373. The Morgan fingerprint density at radius 1 is 0.778 bits per heavy atom. The zero-order valence-corrected chi connectivity index (χ0v) is 21.8. The Kier molecular flexibility index (Phi) is 7.32. The fourth-order valence-electron chi connectivity index (χ4n) is 6.69. The third-order valence-corrected chi connectivity index (χ3v) is 8.31. The van der Waals surface area contributed by atoms with Gasteiger partial charge in [-0.05, 0) is 73.1 Å². The third kappa shape index (κ3) is 4.50. The second-order valence-corrected chi connectivity index (χ2v) is 10.2. The number of allylic oxidation sites excluding steroid dienone is 2. The van der Waals surface area contributed by atoms with Crippen molar-refractivity contribution in [2.75, 3.05) is 0 Å². The van der Waals surface area contributed by atoms with Crippen molar-refractivity contribution in [3.63, 3.8) is 0 Å². The average Bonchev–Trinajstić information content (AvgIpc) is 3.37. The molecule has 3 aromatic rings. The van der Waals surface area contributed by atoms with Crippen molar-refractivity contribution in [3.05, 3.63) is 118 Å². The summed E-state index contributed by atoms with van der Waals surface area (Å²) in [7, 11) is 0. The van der Waals surface area contributed by atoms with Gasteiger partial charge in [0, 0.05) is 22.9 Å². The maximum absolute atomic E-state index is 14.2. The minimum Gasteiger partial charge on any atom is -0.294 e. The second-order valence-electron chi connectivity index (χ2n) is 10.2. The van der Waals surface area contributed by atoms with Crippen LogP contribution in [0.15, 0.2) is 101 Å². The standard InChI is InChI=1S/C32H31NO.C2H6/c1-21-30(31(23-11-4-2-5-12-23)24-13-6-3-7-14-24)32(34)28-20-25(17-19-29(28)33-21)27-18-16-22-10-8-9-15-26(22)27;1-2/h2-15,25,27,30-31H,16-20H2,1H3;1-2H3. The van der Waals surface area contributed by atoms with Gasteiger partial charge < -0.3 is 0 Å². The molecule has 0 saturated carbocycles. The highest BCUT2D eigenvalue weighted by Gasteiger charge is 2.42. The maximum atomic E-state index is 14.2. The molecule has 184 valence electrons. The number of carbonyl (C=O) groups excluding carboxylic acids is 1. The lowest BCUT2D eigenvalue weighted by molar-refractivity contribution is -0.118. The molecule has 0 bridgehead atoms. The zero-order valence-electron chi connectivity index (χ0n) is 21.8. The molecule has 1 aliphatic heterocycles. The minimum atomic E-state index is -0.238. The van der Waals surface area contributed by atoms with Crippen molar-refractivity contribution in [1.29, 1.82) is 0 Å². The topological polar surface area (TPSA) is 29.4 Å². The monoisotopic (exact) mass is 475 g/mol. The summed E-state index contributed by atoms with van der Waals surface area (Å²) < 4.78 is 0. The molecule has 0 N–H and O–H groups in total. The number of carbonyl (C=O) groups is 1. The normalized spacial score (nSPS) is 22.9. The van der Waals surface area contributed by atoms with Gasteiger partial charge in [-0.3, -0.25) is 9.79 Å². The summed E-state index contributed by atoms with van der Waals surface area (Å²) in [5.74, 6) is 1.16. The molecule has 0 aromatic heterocycles. The molecule has 3 atom stereocenters. The predicted molar refractivity (Wildman–Crippen MR) is 150 cm³/mol. The number of rotatable bonds is 4. The molecule has 2 nitrogen and oxygen atoms in total. The second kappa shape index (κ2) is 10.8. The smallest absolute Gasteiger partial charge is 0.170 e. The molecule has 0 radical (unpaired) electrons. The largest absolute Gasteiger partial charge is 0.294 e. The van der Waals surface area contributed by atoms with Gasteiger partial charge in [0.25, 0.3) is 0 Å². The van der Waals surface area contributed by atoms with Crippen LogP contribution in [0.4, 0.5) is 0 Å². The van der Waals surface area contributed by atoms with Crippen LogP contribution >= 0.6 is 0 Å². The Morgan fingerprint density at radius 3 is 2.06 bits per heavy atom. The number of hydrogen-bond acceptors (Lipinski definition) is 2. The van der Waals surface area contributed by atoms with E-state index in [0.29, 0.717) is 17.6 Å². The molecular weight excluding hydrogens is 438 g/mol. The molecule has 3 aromatic carbocycles. The number of fused-ring (bicyclic) bond motifs is 1. The van der Waals surface area contributed by atoms with Crippen LogP contribution in [0.2, 0.25) is 0 Å². The summed E-state index contributed by atoms with van der Waals surface area (Å²) in [6.45, 7) is 6.06. The molecule has 0 fully saturated rings. The first kappa shape index (κ1) is 24.4. The number of benzene rings is 3. The SMILES string of the molecule is CC.CC1=NC2=C(CC(C3CCc4ccccc43)CC2)C(=O)C1C(c1ccccc1)c1ccccc1. The van der Waals surface area contributed by atoms with Crippen LogP contribution in [0.3, 0.4) is 0 Å². The van der Waals surface area contributed by atoms with Crippen LogP contribution in [-0.2, 0) is 11.2 Å². The van der Waals surface area contributed by atoms with Crippen LogP contribution < -0.4 is 0 Å². The number of hydrogen-bond donors (Lipinski definition) is 0. The summed E-state index contributed by atoms with van der Waals surface area (Å²) in [6, 6.07) is 29.9. The number of ketones is 1. The van der Waals surface area contributed by atoms with Gasteiger partial charge >= 0.3 is 0 Å². The van der Waals surface area contributed by atoms with Gasteiger partial charge in [0.15, 0.2) is 5.78 Å². The summed E-state index contributed by atoms with van der Waals surface area (Å²) in [4.78, 5) is 19.3. The Hall–Kier alpha value is -3.26. The highest BCUT2D eigenvalue weighted by molar-refractivity contribution is 6.15. The molecule has 3 unspecified atom stereocenters. The molecule has 2 heteroatoms. The van der Waals surface area contributed by atoms with Gasteiger partial charge in [-0.1, -0.05) is 98.8 Å². The van der Waals surface area contributed by atoms with E-state index in [9.17, 15) is 4.79 Å². The summed E-state index contributed by atoms with van der Waals surface area (Å²) in [5.41, 5.74) is 8.41. The van der Waals surface area contributed by atoms with E-state index in [-0.39, 0.29) is 11.8 Å². The Bertz CT molecular complexity index is 1230. The molecule has 2 aliphatic carbocycles. The van der Waals surface area contributed by atoms with E-state index in [1.807, 2.05) is 26.0 Å². The highest BCUT2D eigenvalue weighted by Crippen LogP contribution is 2.48. The lowest BCUT2D eigenvalue weighted by Crippen LogP contribution is -2.36. The Labute approximate surface area is 216 Å². The number of Topliss-reactive ketones (excluding diaryl/α,β-unsaturated/α-hetero) is 1. The Morgan fingerprint density at radius 2 is 1.39 bits per heavy atom. The summed E-state index contributed by atoms with van der Waals surface area (Å²) >= 11 is 0. The van der Waals surface area contributed by atoms with E-state index in [1.165, 1.54) is 35.1 Å². The van der Waals surface area contributed by atoms with Gasteiger partial charge in [0.05, 0.1) is 5.92 Å². The molecule has 3 aliphatic rings. The predicted octanol–water partition coefficient (Wildman–Crippen LogP) is 8.29. The van der Waals surface area contributed by atoms with E-state index in [0.717, 1.165) is 36.2 Å². The van der Waals surface area contributed by atoms with E-state index >= 15 is 0 Å². The Balaban J connectivity index is 0.00000130. The molecular formula is C34H37NO. The van der Waals surface area contributed by atoms with Crippen molar-refractivity contribution >= 4 is 11.5 Å². The lowest BCUT2D eigenvalue weighted by atomic mass is 9.69. The fourth-order valence-corrected chi connectivity index (χ4v) is 6.69. The fraction of sp³-hybridized carbons (Fsp3) is 0.353. The van der Waals surface area contributed by atoms with Gasteiger partial charge in [-0.2, -0.15) is 0 Å². The van der Waals surface area contributed by atoms with Gasteiger partial charge in [-0.15, -0.1) is 0 Å². The van der Waals surface area contributed by atoms with Crippen LogP contribution in [0, 0.1) is 11.8 Å². The molecule has 0 saturated heterocycles. The van der Waals surface area contributed by atoms with E-state index in [4.69, 9.17) is 4.99 Å². The number of aryl methyl sites for hydroxylation is 1. The number of nitrogens with zero attached hydrogens (tertiary/aromatic N) is 1. The molecule has 1 heterocycles. The van der Waals surface area contributed by atoms with Crippen molar-refractivity contribution in [2.45, 2.75) is 64.7 Å². The highest BCUT2D eigenvalue weighted by atomic mass is 16.1. The van der Waals surface area contributed by atoms with Crippen molar-refractivity contribution < 1.29 is 4.79 Å². The average molecular weight is 476 g/mol. The van der Waals surface area contributed by atoms with Gasteiger partial charge in [-0.25, -0.2) is 0 Å². The molecule has 0 amide bonds. The zero-order chi connectivity index (χ0) is 25.1. The van der Waals surface area contributed by atoms with E-state index < -0.39 is 0 Å². The van der Waals surface area contributed by atoms with Crippen LogP contribution in [0.5, 0.6) is 0 Å². The summed E-state index contributed by atoms with van der Waals surface area (Å²) in [5, 5.41) is 0. The number of aliphatic imine (C=N–C) groups is 1. The molecule has 0 spiro atoms. The maximum Gasteiger partial charge on any atom is 0.170 e. The lowest BCUT2D eigenvalue weighted by Gasteiger charge is -2.36. The first-order chi connectivity index (χ1) is 17.7. The van der Waals surface area contributed by atoms with Crippen LogP contribution in [0.1, 0.15) is 80.5 Å². The van der Waals surface area contributed by atoms with Crippen molar-refractivity contribution in [3.8, 4) is 0 Å². The minimum absolute atomic E-state index is 0.0136. The summed E-state index contributed by atoms with van der Waals surface area (Å²) in [6.07, 6.45) is 5.31.